The predicted octanol–water partition coefficient (Wildman–Crippen LogP) is 5.10. The molecule has 0 bridgehead atoms. The van der Waals surface area contributed by atoms with Crippen LogP contribution >= 0.6 is 46.1 Å². The highest BCUT2D eigenvalue weighted by Crippen LogP contribution is 2.28. The number of carbonyl (C=O) groups excluding carboxylic acids is 1. The van der Waals surface area contributed by atoms with Crippen LogP contribution in [0.4, 0.5) is 10.1 Å². The van der Waals surface area contributed by atoms with Gasteiger partial charge in [-0.15, -0.1) is 11.3 Å². The SMILES string of the molecule is CNc1snc(C)c1C(=O)Nc1ncc(Cc2ccc(Cl)cc2Cl)s1. The zero-order valence-corrected chi connectivity index (χ0v) is 16.5. The van der Waals surface area contributed by atoms with Crippen LogP contribution < -0.4 is 10.6 Å². The zero-order chi connectivity index (χ0) is 18.0. The van der Waals surface area contributed by atoms with Gasteiger partial charge in [-0.1, -0.05) is 29.3 Å². The van der Waals surface area contributed by atoms with Crippen molar-refractivity contribution < 1.29 is 4.79 Å². The molecule has 0 radical (unpaired) electrons. The number of nitrogens with zero attached hydrogens (tertiary/aromatic N) is 2. The molecule has 2 N–H and O–H groups in total. The summed E-state index contributed by atoms with van der Waals surface area (Å²) in [5.41, 5.74) is 2.20. The van der Waals surface area contributed by atoms with Gasteiger partial charge in [-0.3, -0.25) is 10.1 Å². The van der Waals surface area contributed by atoms with E-state index in [-0.39, 0.29) is 5.91 Å². The first-order valence-corrected chi connectivity index (χ1v) is 9.66. The maximum atomic E-state index is 12.5. The minimum absolute atomic E-state index is 0.221. The van der Waals surface area contributed by atoms with E-state index < -0.39 is 0 Å². The Balaban J connectivity index is 1.73. The third-order valence-electron chi connectivity index (χ3n) is 3.47. The van der Waals surface area contributed by atoms with Gasteiger partial charge in [0.2, 0.25) is 0 Å². The molecule has 5 nitrogen and oxygen atoms in total. The Kier molecular flexibility index (Phi) is 5.58. The largest absolute Gasteiger partial charge is 0.378 e. The second-order valence-corrected chi connectivity index (χ2v) is 7.95. The number of amides is 1. The molecule has 1 aromatic carbocycles. The van der Waals surface area contributed by atoms with E-state index in [1.165, 1.54) is 22.9 Å². The molecule has 2 aromatic heterocycles. The fourth-order valence-corrected chi connectivity index (χ4v) is 4.32. The molecule has 3 aromatic rings. The van der Waals surface area contributed by atoms with Crippen molar-refractivity contribution in [3.8, 4) is 0 Å². The Hall–Kier alpha value is -1.67. The van der Waals surface area contributed by atoms with Crippen molar-refractivity contribution >= 4 is 62.1 Å². The third-order valence-corrected chi connectivity index (χ3v) is 5.93. The second kappa shape index (κ2) is 7.70. The highest BCUT2D eigenvalue weighted by molar-refractivity contribution is 7.15. The maximum Gasteiger partial charge on any atom is 0.262 e. The lowest BCUT2D eigenvalue weighted by molar-refractivity contribution is 0.102. The summed E-state index contributed by atoms with van der Waals surface area (Å²) in [6.07, 6.45) is 2.37. The van der Waals surface area contributed by atoms with Crippen molar-refractivity contribution in [2.45, 2.75) is 13.3 Å². The van der Waals surface area contributed by atoms with Crippen molar-refractivity contribution in [2.75, 3.05) is 17.7 Å². The molecule has 25 heavy (non-hydrogen) atoms. The maximum absolute atomic E-state index is 12.5. The van der Waals surface area contributed by atoms with Gasteiger partial charge < -0.3 is 5.32 Å². The molecule has 0 spiro atoms. The Morgan fingerprint density at radius 3 is 2.84 bits per heavy atom. The van der Waals surface area contributed by atoms with Crippen LogP contribution in [0.1, 0.15) is 26.5 Å². The highest BCUT2D eigenvalue weighted by Gasteiger charge is 2.19. The molecule has 0 aliphatic carbocycles. The van der Waals surface area contributed by atoms with E-state index in [9.17, 15) is 4.79 Å². The van der Waals surface area contributed by atoms with Crippen molar-refractivity contribution in [3.05, 3.63) is 56.1 Å². The predicted molar refractivity (Wildman–Crippen MR) is 106 cm³/mol. The van der Waals surface area contributed by atoms with E-state index >= 15 is 0 Å². The van der Waals surface area contributed by atoms with E-state index in [4.69, 9.17) is 23.2 Å². The van der Waals surface area contributed by atoms with E-state index in [2.05, 4.69) is 20.0 Å². The van der Waals surface area contributed by atoms with Gasteiger partial charge >= 0.3 is 0 Å². The summed E-state index contributed by atoms with van der Waals surface area (Å²) in [6, 6.07) is 5.41. The Morgan fingerprint density at radius 2 is 2.12 bits per heavy atom. The van der Waals surface area contributed by atoms with E-state index in [1.54, 1.807) is 25.4 Å². The third kappa shape index (κ3) is 4.12. The zero-order valence-electron chi connectivity index (χ0n) is 13.4. The number of halogens is 2. The Morgan fingerprint density at radius 1 is 1.32 bits per heavy atom. The highest BCUT2D eigenvalue weighted by atomic mass is 35.5. The number of carbonyl (C=O) groups is 1. The quantitative estimate of drug-likeness (QED) is 0.611. The van der Waals surface area contributed by atoms with Gasteiger partial charge in [0.15, 0.2) is 5.13 Å². The minimum Gasteiger partial charge on any atom is -0.378 e. The van der Waals surface area contributed by atoms with Crippen molar-refractivity contribution in [1.82, 2.24) is 9.36 Å². The van der Waals surface area contributed by atoms with Crippen LogP contribution in [0.25, 0.3) is 0 Å². The van der Waals surface area contributed by atoms with Crippen molar-refractivity contribution in [2.24, 2.45) is 0 Å². The molecule has 9 heteroatoms. The summed E-state index contributed by atoms with van der Waals surface area (Å²) in [4.78, 5) is 17.7. The Bertz CT molecular complexity index is 923. The number of rotatable bonds is 5. The number of hydrogen-bond donors (Lipinski definition) is 2. The average Bonchev–Trinajstić information content (AvgIpc) is 3.16. The molecule has 0 saturated carbocycles. The van der Waals surface area contributed by atoms with Crippen LogP contribution in [0.3, 0.4) is 0 Å². The fourth-order valence-electron chi connectivity index (χ4n) is 2.27. The summed E-state index contributed by atoms with van der Waals surface area (Å²) in [5.74, 6) is -0.221. The lowest BCUT2D eigenvalue weighted by Crippen LogP contribution is -2.13. The van der Waals surface area contributed by atoms with Gasteiger partial charge in [-0.25, -0.2) is 4.98 Å². The number of anilines is 2. The van der Waals surface area contributed by atoms with E-state index in [1.807, 2.05) is 13.0 Å². The first-order chi connectivity index (χ1) is 12.0. The van der Waals surface area contributed by atoms with Crippen LogP contribution in [0, 0.1) is 6.92 Å². The summed E-state index contributed by atoms with van der Waals surface area (Å²) in [5, 5.41) is 8.31. The smallest absolute Gasteiger partial charge is 0.262 e. The monoisotopic (exact) mass is 412 g/mol. The molecule has 1 amide bonds. The molecule has 0 unspecified atom stereocenters. The van der Waals surface area contributed by atoms with Gasteiger partial charge in [-0.2, -0.15) is 4.37 Å². The molecule has 130 valence electrons. The minimum atomic E-state index is -0.221. The summed E-state index contributed by atoms with van der Waals surface area (Å²) in [7, 11) is 1.76. The number of nitrogens with one attached hydrogen (secondary N) is 2. The van der Waals surface area contributed by atoms with E-state index in [0.29, 0.717) is 32.9 Å². The summed E-state index contributed by atoms with van der Waals surface area (Å²) < 4.78 is 4.20. The Labute approximate surface area is 163 Å². The second-order valence-electron chi connectivity index (χ2n) is 5.22. The number of hydrogen-bond acceptors (Lipinski definition) is 6. The summed E-state index contributed by atoms with van der Waals surface area (Å²) >= 11 is 14.8. The topological polar surface area (TPSA) is 66.9 Å². The molecule has 0 aliphatic rings. The van der Waals surface area contributed by atoms with Crippen molar-refractivity contribution in [3.63, 3.8) is 0 Å². The van der Waals surface area contributed by atoms with Gasteiger partial charge in [0.25, 0.3) is 5.91 Å². The van der Waals surface area contributed by atoms with Crippen LogP contribution in [0.2, 0.25) is 10.0 Å². The molecule has 0 aliphatic heterocycles. The first-order valence-electron chi connectivity index (χ1n) is 7.32. The van der Waals surface area contributed by atoms with Crippen LogP contribution in [-0.4, -0.2) is 22.3 Å². The van der Waals surface area contributed by atoms with Crippen molar-refractivity contribution in [1.29, 1.82) is 0 Å². The molecule has 0 atom stereocenters. The number of aryl methyl sites for hydroxylation is 1. The van der Waals surface area contributed by atoms with E-state index in [0.717, 1.165) is 15.4 Å². The summed E-state index contributed by atoms with van der Waals surface area (Å²) in [6.45, 7) is 1.81. The molecule has 0 saturated heterocycles. The lowest BCUT2D eigenvalue weighted by atomic mass is 10.1. The lowest BCUT2D eigenvalue weighted by Gasteiger charge is -2.04. The molecule has 0 fully saturated rings. The standard InChI is InChI=1S/C16H14Cl2N4OS2/c1-8-13(15(19-2)25-22-8)14(23)21-16-20-7-11(24-16)5-9-3-4-10(17)6-12(9)18/h3-4,6-7,19H,5H2,1-2H3,(H,20,21,23). The molecule has 2 heterocycles. The molecular weight excluding hydrogens is 399 g/mol. The van der Waals surface area contributed by atoms with Crippen LogP contribution in [-0.2, 0) is 6.42 Å². The van der Waals surface area contributed by atoms with Gasteiger partial charge in [-0.05, 0) is 36.2 Å². The normalized spacial score (nSPS) is 10.7. The number of benzene rings is 1. The first kappa shape index (κ1) is 18.1. The number of aromatic nitrogens is 2. The van der Waals surface area contributed by atoms with Gasteiger partial charge in [0, 0.05) is 34.6 Å². The fraction of sp³-hybridized carbons (Fsp3) is 0.188. The molecule has 3 rings (SSSR count). The van der Waals surface area contributed by atoms with Crippen LogP contribution in [0.15, 0.2) is 24.4 Å². The molecular formula is C16H14Cl2N4OS2. The van der Waals surface area contributed by atoms with Crippen LogP contribution in [0.5, 0.6) is 0 Å². The average molecular weight is 413 g/mol. The van der Waals surface area contributed by atoms with Gasteiger partial charge in [0.05, 0.1) is 11.3 Å². The number of thiazole rings is 1. The van der Waals surface area contributed by atoms with Gasteiger partial charge in [0.1, 0.15) is 5.00 Å².